The van der Waals surface area contributed by atoms with Crippen LogP contribution in [0.2, 0.25) is 0 Å². The molecule has 3 nitrogen and oxygen atoms in total. The number of rotatable bonds is 2. The van der Waals surface area contributed by atoms with Crippen LogP contribution in [0.3, 0.4) is 0 Å². The van der Waals surface area contributed by atoms with Crippen molar-refractivity contribution in [3.05, 3.63) is 0 Å². The lowest BCUT2D eigenvalue weighted by Gasteiger charge is -2.22. The van der Waals surface area contributed by atoms with E-state index in [1.165, 1.54) is 12.8 Å². The minimum Gasteiger partial charge on any atom is -0.359 e. The first-order chi connectivity index (χ1) is 5.33. The Morgan fingerprint density at radius 1 is 1.64 bits per heavy atom. The number of carbonyl (C=O) groups excluding carboxylic acids is 1. The standard InChI is InChI=1S/C8H16N2O/c1-9-8(11)6-7-4-2-3-5-10-7/h7,10H,2-6H2,1H3,(H,9,11)/t7-/m1/s1. The second-order valence-corrected chi connectivity index (χ2v) is 3.02. The zero-order valence-electron chi connectivity index (χ0n) is 7.02. The Balaban J connectivity index is 2.19. The van der Waals surface area contributed by atoms with Gasteiger partial charge in [0.25, 0.3) is 0 Å². The molecule has 64 valence electrons. The molecule has 0 spiro atoms. The van der Waals surface area contributed by atoms with Gasteiger partial charge in [-0.15, -0.1) is 0 Å². The van der Waals surface area contributed by atoms with Crippen LogP contribution in [0.1, 0.15) is 25.7 Å². The minimum atomic E-state index is 0.143. The number of hydrogen-bond acceptors (Lipinski definition) is 2. The predicted molar refractivity (Wildman–Crippen MR) is 44.3 cm³/mol. The first-order valence-corrected chi connectivity index (χ1v) is 4.27. The van der Waals surface area contributed by atoms with Crippen molar-refractivity contribution in [2.45, 2.75) is 31.7 Å². The van der Waals surface area contributed by atoms with Crippen molar-refractivity contribution < 1.29 is 4.79 Å². The lowest BCUT2D eigenvalue weighted by atomic mass is 10.0. The van der Waals surface area contributed by atoms with Gasteiger partial charge in [0.1, 0.15) is 0 Å². The summed E-state index contributed by atoms with van der Waals surface area (Å²) in [5.74, 6) is 0.143. The Labute approximate surface area is 67.5 Å². The number of piperidine rings is 1. The largest absolute Gasteiger partial charge is 0.359 e. The third kappa shape index (κ3) is 2.89. The fourth-order valence-electron chi connectivity index (χ4n) is 1.42. The molecular weight excluding hydrogens is 140 g/mol. The number of nitrogens with one attached hydrogen (secondary N) is 2. The van der Waals surface area contributed by atoms with Gasteiger partial charge in [0.2, 0.25) is 5.91 Å². The molecule has 1 rings (SSSR count). The van der Waals surface area contributed by atoms with Gasteiger partial charge in [-0.2, -0.15) is 0 Å². The summed E-state index contributed by atoms with van der Waals surface area (Å²) < 4.78 is 0. The first kappa shape index (κ1) is 8.53. The van der Waals surface area contributed by atoms with Crippen LogP contribution in [0, 0.1) is 0 Å². The van der Waals surface area contributed by atoms with Crippen molar-refractivity contribution in [1.82, 2.24) is 10.6 Å². The highest BCUT2D eigenvalue weighted by Gasteiger charge is 2.14. The predicted octanol–water partition coefficient (Wildman–Crippen LogP) is 0.265. The fourth-order valence-corrected chi connectivity index (χ4v) is 1.42. The van der Waals surface area contributed by atoms with E-state index in [1.807, 2.05) is 0 Å². The van der Waals surface area contributed by atoms with Gasteiger partial charge in [-0.1, -0.05) is 6.42 Å². The zero-order chi connectivity index (χ0) is 8.10. The third-order valence-electron chi connectivity index (χ3n) is 2.12. The van der Waals surface area contributed by atoms with Crippen LogP contribution in [-0.2, 0) is 4.79 Å². The van der Waals surface area contributed by atoms with Gasteiger partial charge >= 0.3 is 0 Å². The topological polar surface area (TPSA) is 41.1 Å². The second kappa shape index (κ2) is 4.34. The Hall–Kier alpha value is -0.570. The maximum Gasteiger partial charge on any atom is 0.221 e. The van der Waals surface area contributed by atoms with E-state index in [-0.39, 0.29) is 5.91 Å². The maximum atomic E-state index is 10.9. The summed E-state index contributed by atoms with van der Waals surface area (Å²) in [7, 11) is 1.69. The van der Waals surface area contributed by atoms with Gasteiger partial charge < -0.3 is 10.6 Å². The van der Waals surface area contributed by atoms with E-state index in [0.717, 1.165) is 13.0 Å². The number of carbonyl (C=O) groups is 1. The fraction of sp³-hybridized carbons (Fsp3) is 0.875. The molecule has 0 bridgehead atoms. The Bertz CT molecular complexity index is 130. The number of amides is 1. The summed E-state index contributed by atoms with van der Waals surface area (Å²) >= 11 is 0. The second-order valence-electron chi connectivity index (χ2n) is 3.02. The van der Waals surface area contributed by atoms with Gasteiger partial charge in [0.15, 0.2) is 0 Å². The van der Waals surface area contributed by atoms with E-state index >= 15 is 0 Å². The van der Waals surface area contributed by atoms with E-state index in [1.54, 1.807) is 7.05 Å². The summed E-state index contributed by atoms with van der Waals surface area (Å²) in [5, 5.41) is 5.96. The lowest BCUT2D eigenvalue weighted by molar-refractivity contribution is -0.121. The van der Waals surface area contributed by atoms with Crippen molar-refractivity contribution in [2.75, 3.05) is 13.6 Å². The minimum absolute atomic E-state index is 0.143. The Kier molecular flexibility index (Phi) is 3.36. The molecule has 2 N–H and O–H groups in total. The third-order valence-corrected chi connectivity index (χ3v) is 2.12. The highest BCUT2D eigenvalue weighted by Crippen LogP contribution is 2.09. The molecule has 0 aromatic carbocycles. The van der Waals surface area contributed by atoms with Crippen LogP contribution in [-0.4, -0.2) is 25.5 Å². The summed E-state index contributed by atoms with van der Waals surface area (Å²) in [5.41, 5.74) is 0. The van der Waals surface area contributed by atoms with Crippen LogP contribution in [0.5, 0.6) is 0 Å². The molecule has 1 saturated heterocycles. The molecular formula is C8H16N2O. The van der Waals surface area contributed by atoms with E-state index in [4.69, 9.17) is 0 Å². The van der Waals surface area contributed by atoms with Gasteiger partial charge in [-0.05, 0) is 19.4 Å². The van der Waals surface area contributed by atoms with Crippen LogP contribution >= 0.6 is 0 Å². The highest BCUT2D eigenvalue weighted by atomic mass is 16.1. The van der Waals surface area contributed by atoms with E-state index in [9.17, 15) is 4.79 Å². The summed E-state index contributed by atoms with van der Waals surface area (Å²) in [6.45, 7) is 1.07. The quantitative estimate of drug-likeness (QED) is 0.602. The molecule has 1 fully saturated rings. The smallest absolute Gasteiger partial charge is 0.221 e. The molecule has 0 unspecified atom stereocenters. The average Bonchev–Trinajstić information content (AvgIpc) is 2.06. The molecule has 11 heavy (non-hydrogen) atoms. The molecule has 0 aromatic heterocycles. The van der Waals surface area contributed by atoms with E-state index < -0.39 is 0 Å². The molecule has 0 aliphatic carbocycles. The van der Waals surface area contributed by atoms with E-state index in [0.29, 0.717) is 12.5 Å². The van der Waals surface area contributed by atoms with Crippen molar-refractivity contribution in [2.24, 2.45) is 0 Å². The van der Waals surface area contributed by atoms with Crippen LogP contribution in [0.25, 0.3) is 0 Å². The van der Waals surface area contributed by atoms with Crippen molar-refractivity contribution in [3.63, 3.8) is 0 Å². The van der Waals surface area contributed by atoms with Crippen LogP contribution in [0.4, 0.5) is 0 Å². The first-order valence-electron chi connectivity index (χ1n) is 4.27. The van der Waals surface area contributed by atoms with Crippen molar-refractivity contribution in [3.8, 4) is 0 Å². The Morgan fingerprint density at radius 2 is 2.45 bits per heavy atom. The highest BCUT2D eigenvalue weighted by molar-refractivity contribution is 5.76. The number of hydrogen-bond donors (Lipinski definition) is 2. The summed E-state index contributed by atoms with van der Waals surface area (Å²) in [6.07, 6.45) is 4.29. The maximum absolute atomic E-state index is 10.9. The van der Waals surface area contributed by atoms with Crippen molar-refractivity contribution in [1.29, 1.82) is 0 Å². The van der Waals surface area contributed by atoms with Gasteiger partial charge in [0.05, 0.1) is 0 Å². The van der Waals surface area contributed by atoms with Crippen LogP contribution in [0.15, 0.2) is 0 Å². The molecule has 0 saturated carbocycles. The molecule has 1 atom stereocenters. The normalized spacial score (nSPS) is 24.6. The molecule has 3 heteroatoms. The molecule has 1 heterocycles. The van der Waals surface area contributed by atoms with Crippen LogP contribution < -0.4 is 10.6 Å². The summed E-state index contributed by atoms with van der Waals surface area (Å²) in [6, 6.07) is 0.420. The van der Waals surface area contributed by atoms with Crippen molar-refractivity contribution >= 4 is 5.91 Å². The van der Waals surface area contributed by atoms with Gasteiger partial charge in [-0.25, -0.2) is 0 Å². The molecule has 0 aromatic rings. The average molecular weight is 156 g/mol. The van der Waals surface area contributed by atoms with E-state index in [2.05, 4.69) is 10.6 Å². The van der Waals surface area contributed by atoms with Gasteiger partial charge in [-0.3, -0.25) is 4.79 Å². The molecule has 1 aliphatic heterocycles. The zero-order valence-corrected chi connectivity index (χ0v) is 7.02. The Morgan fingerprint density at radius 3 is 3.00 bits per heavy atom. The molecule has 1 aliphatic rings. The SMILES string of the molecule is CNC(=O)C[C@H]1CCCCN1. The molecule has 1 amide bonds. The molecule has 0 radical (unpaired) electrons. The van der Waals surface area contributed by atoms with Gasteiger partial charge in [0, 0.05) is 19.5 Å². The monoisotopic (exact) mass is 156 g/mol. The summed E-state index contributed by atoms with van der Waals surface area (Å²) in [4.78, 5) is 10.9. The lowest BCUT2D eigenvalue weighted by Crippen LogP contribution is -2.37.